The third kappa shape index (κ3) is 56.0. The molecule has 0 aliphatic carbocycles. The van der Waals surface area contributed by atoms with E-state index in [9.17, 15) is 19.0 Å². The second-order valence-electron chi connectivity index (χ2n) is 19.9. The first-order valence-electron chi connectivity index (χ1n) is 28.6. The SMILES string of the molecule is CC/C=C\C/C=C\C/C=C\C/C=C\C/C=C\C/C=C\CCCCCCC(=O)OC(COC(=O)CCCCCCCCCCCC/C=C\C/C=C\C/C=C\CCCCCCC)COP(=O)([O-])OCC[N+](C)(C)C. The molecule has 412 valence electrons. The molecule has 10 heteroatoms. The zero-order valence-corrected chi connectivity index (χ0v) is 47.5. The van der Waals surface area contributed by atoms with Crippen LogP contribution in [-0.2, 0) is 32.7 Å². The molecule has 2 atom stereocenters. The minimum Gasteiger partial charge on any atom is -0.756 e. The topological polar surface area (TPSA) is 111 Å². The summed E-state index contributed by atoms with van der Waals surface area (Å²) in [4.78, 5) is 37.9. The van der Waals surface area contributed by atoms with E-state index in [0.29, 0.717) is 17.4 Å². The smallest absolute Gasteiger partial charge is 0.306 e. The fourth-order valence-corrected chi connectivity index (χ4v) is 8.10. The normalized spacial score (nSPS) is 14.1. The van der Waals surface area contributed by atoms with Crippen molar-refractivity contribution in [1.82, 2.24) is 0 Å². The monoisotopic (exact) mass is 1020 g/mol. The van der Waals surface area contributed by atoms with E-state index in [1.54, 1.807) is 0 Å². The molecule has 0 aromatic carbocycles. The van der Waals surface area contributed by atoms with Crippen molar-refractivity contribution in [3.63, 3.8) is 0 Å². The Morgan fingerprint density at radius 2 is 0.792 bits per heavy atom. The van der Waals surface area contributed by atoms with Gasteiger partial charge < -0.3 is 27.9 Å². The van der Waals surface area contributed by atoms with Gasteiger partial charge in [-0.1, -0.05) is 213 Å². The summed E-state index contributed by atoms with van der Waals surface area (Å²) in [6, 6.07) is 0. The van der Waals surface area contributed by atoms with Crippen LogP contribution in [0.15, 0.2) is 109 Å². The van der Waals surface area contributed by atoms with Crippen molar-refractivity contribution < 1.29 is 42.1 Å². The summed E-state index contributed by atoms with van der Waals surface area (Å²) in [6.07, 6.45) is 72.7. The molecule has 0 heterocycles. The van der Waals surface area contributed by atoms with Crippen molar-refractivity contribution in [3.8, 4) is 0 Å². The number of hydrogen-bond donors (Lipinski definition) is 0. The Hall–Kier alpha value is -3.33. The molecule has 0 aliphatic rings. The van der Waals surface area contributed by atoms with Gasteiger partial charge in [0.05, 0.1) is 27.7 Å². The van der Waals surface area contributed by atoms with Crippen LogP contribution in [-0.4, -0.2) is 70.0 Å². The summed E-state index contributed by atoms with van der Waals surface area (Å²) in [7, 11) is 1.13. The molecule has 0 fully saturated rings. The molecule has 0 aromatic heterocycles. The number of ether oxygens (including phenoxy) is 2. The zero-order valence-electron chi connectivity index (χ0n) is 46.6. The Bertz CT molecular complexity index is 1580. The number of nitrogens with zero attached hydrogens (tertiary/aromatic N) is 1. The molecular weight excluding hydrogens is 918 g/mol. The van der Waals surface area contributed by atoms with Gasteiger partial charge in [0.1, 0.15) is 19.8 Å². The van der Waals surface area contributed by atoms with Gasteiger partial charge >= 0.3 is 11.9 Å². The summed E-state index contributed by atoms with van der Waals surface area (Å²) in [5, 5.41) is 0. The summed E-state index contributed by atoms with van der Waals surface area (Å²) in [5.41, 5.74) is 0. The third-order valence-electron chi connectivity index (χ3n) is 11.8. The Kier molecular flexibility index (Phi) is 50.1. The highest BCUT2D eigenvalue weighted by Crippen LogP contribution is 2.38. The van der Waals surface area contributed by atoms with Crippen LogP contribution in [0, 0.1) is 0 Å². The fourth-order valence-electron chi connectivity index (χ4n) is 7.37. The first-order valence-corrected chi connectivity index (χ1v) is 30.1. The highest BCUT2D eigenvalue weighted by Gasteiger charge is 2.21. The number of hydrogen-bond acceptors (Lipinski definition) is 8. The van der Waals surface area contributed by atoms with Crippen LogP contribution in [0.5, 0.6) is 0 Å². The van der Waals surface area contributed by atoms with E-state index in [2.05, 4.69) is 123 Å². The number of allylic oxidation sites excluding steroid dienone is 18. The van der Waals surface area contributed by atoms with E-state index in [1.807, 2.05) is 21.1 Å². The third-order valence-corrected chi connectivity index (χ3v) is 12.7. The molecule has 0 spiro atoms. The lowest BCUT2D eigenvalue weighted by Crippen LogP contribution is -2.37. The van der Waals surface area contributed by atoms with Crippen molar-refractivity contribution >= 4 is 19.8 Å². The summed E-state index contributed by atoms with van der Waals surface area (Å²) >= 11 is 0. The van der Waals surface area contributed by atoms with Gasteiger partial charge in [-0.25, -0.2) is 0 Å². The highest BCUT2D eigenvalue weighted by atomic mass is 31.2. The standard InChI is InChI=1S/C62H106NO8P/c1-6-8-10-12-14-16-18-20-22-24-26-28-30-31-33-34-36-38-40-42-44-46-48-50-52-54-61(64)68-58-60(59-70-72(66,67)69-57-56-63(3,4)5)71-62(65)55-53-51-49-47-45-43-41-39-37-35-32-29-27-25-23-21-19-17-15-13-11-9-7-2/h9,11,15,17-18,20-21,23-24,26-27,29-31,35,37,41,43,60H,6-8,10,12-14,16,19,22,25,28,32-34,36,38-40,42,44-59H2,1-5H3/b11-9-,17-15-,20-18-,23-21-,26-24-,29-27-,31-30-,37-35-,43-41-. The second-order valence-corrected chi connectivity index (χ2v) is 21.3. The number of phosphoric ester groups is 1. The molecule has 0 radical (unpaired) electrons. The van der Waals surface area contributed by atoms with Gasteiger partial charge in [-0.15, -0.1) is 0 Å². The Balaban J connectivity index is 4.27. The maximum atomic E-state index is 12.8. The molecule has 0 N–H and O–H groups in total. The number of phosphoric acid groups is 1. The first-order chi connectivity index (χ1) is 35.0. The molecule has 2 unspecified atom stereocenters. The van der Waals surface area contributed by atoms with Gasteiger partial charge in [0.15, 0.2) is 6.10 Å². The predicted molar refractivity (Wildman–Crippen MR) is 305 cm³/mol. The Morgan fingerprint density at radius 3 is 1.18 bits per heavy atom. The van der Waals surface area contributed by atoms with Crippen molar-refractivity contribution in [2.24, 2.45) is 0 Å². The second kappa shape index (κ2) is 52.5. The van der Waals surface area contributed by atoms with Gasteiger partial charge in [-0.2, -0.15) is 0 Å². The molecule has 0 saturated carbocycles. The number of carbonyl (C=O) groups excluding carboxylic acids is 2. The van der Waals surface area contributed by atoms with Gasteiger partial charge in [-0.3, -0.25) is 14.2 Å². The number of unbranched alkanes of at least 4 members (excludes halogenated alkanes) is 19. The number of rotatable bonds is 51. The van der Waals surface area contributed by atoms with E-state index >= 15 is 0 Å². The molecular formula is C62H106NO8P. The molecule has 0 saturated heterocycles. The summed E-state index contributed by atoms with van der Waals surface area (Å²) in [5.74, 6) is -0.873. The van der Waals surface area contributed by atoms with Crippen molar-refractivity contribution in [3.05, 3.63) is 109 Å². The number of quaternary nitrogens is 1. The fraction of sp³-hybridized carbons (Fsp3) is 0.677. The van der Waals surface area contributed by atoms with Crippen LogP contribution in [0.2, 0.25) is 0 Å². The zero-order chi connectivity index (χ0) is 52.7. The van der Waals surface area contributed by atoms with E-state index < -0.39 is 32.5 Å². The molecule has 9 nitrogen and oxygen atoms in total. The molecule has 0 bridgehead atoms. The number of esters is 2. The van der Waals surface area contributed by atoms with Crippen LogP contribution in [0.4, 0.5) is 0 Å². The number of likely N-dealkylation sites (N-methyl/N-ethyl adjacent to an activating group) is 1. The number of carbonyl (C=O) groups is 2. The summed E-state index contributed by atoms with van der Waals surface area (Å²) in [6.45, 7) is 4.07. The van der Waals surface area contributed by atoms with E-state index in [0.717, 1.165) is 109 Å². The average molecular weight is 1020 g/mol. The quantitative estimate of drug-likeness (QED) is 0.0195. The van der Waals surface area contributed by atoms with E-state index in [-0.39, 0.29) is 26.1 Å². The summed E-state index contributed by atoms with van der Waals surface area (Å²) < 4.78 is 34.1. The predicted octanol–water partition coefficient (Wildman–Crippen LogP) is 17.2. The lowest BCUT2D eigenvalue weighted by atomic mass is 10.1. The molecule has 72 heavy (non-hydrogen) atoms. The Labute approximate surface area is 442 Å². The van der Waals surface area contributed by atoms with Gasteiger partial charge in [0, 0.05) is 12.8 Å². The van der Waals surface area contributed by atoms with Crippen molar-refractivity contribution in [2.75, 3.05) is 47.5 Å². The Morgan fingerprint density at radius 1 is 0.444 bits per heavy atom. The lowest BCUT2D eigenvalue weighted by molar-refractivity contribution is -0.870. The van der Waals surface area contributed by atoms with Gasteiger partial charge in [0.25, 0.3) is 7.82 Å². The molecule has 0 amide bonds. The molecule has 0 aliphatic heterocycles. The maximum absolute atomic E-state index is 12.8. The van der Waals surface area contributed by atoms with Gasteiger partial charge in [0.2, 0.25) is 0 Å². The van der Waals surface area contributed by atoms with Crippen LogP contribution in [0.25, 0.3) is 0 Å². The van der Waals surface area contributed by atoms with E-state index in [4.69, 9.17) is 18.5 Å². The largest absolute Gasteiger partial charge is 0.756 e. The van der Waals surface area contributed by atoms with Crippen LogP contribution < -0.4 is 4.89 Å². The lowest BCUT2D eigenvalue weighted by Gasteiger charge is -2.28. The first kappa shape index (κ1) is 68.7. The van der Waals surface area contributed by atoms with Crippen LogP contribution in [0.3, 0.4) is 0 Å². The minimum atomic E-state index is -4.65. The maximum Gasteiger partial charge on any atom is 0.306 e. The molecule has 0 aromatic rings. The van der Waals surface area contributed by atoms with Crippen molar-refractivity contribution in [2.45, 2.75) is 225 Å². The van der Waals surface area contributed by atoms with E-state index in [1.165, 1.54) is 77.0 Å². The molecule has 0 rings (SSSR count). The highest BCUT2D eigenvalue weighted by molar-refractivity contribution is 7.45. The van der Waals surface area contributed by atoms with Crippen LogP contribution in [0.1, 0.15) is 219 Å². The average Bonchev–Trinajstić information content (AvgIpc) is 3.34. The van der Waals surface area contributed by atoms with Gasteiger partial charge in [-0.05, 0) is 103 Å². The minimum absolute atomic E-state index is 0.0430. The van der Waals surface area contributed by atoms with Crippen LogP contribution >= 0.6 is 7.82 Å². The van der Waals surface area contributed by atoms with Crippen molar-refractivity contribution in [1.29, 1.82) is 0 Å².